The summed E-state index contributed by atoms with van der Waals surface area (Å²) in [7, 11) is 0. The number of rotatable bonds is 4. The highest BCUT2D eigenvalue weighted by atomic mass is 127. The number of halogens is 2. The Morgan fingerprint density at radius 1 is 1.21 bits per heavy atom. The number of ether oxygens (including phenoxy) is 1. The van der Waals surface area contributed by atoms with Gasteiger partial charge in [-0.1, -0.05) is 23.7 Å². The van der Waals surface area contributed by atoms with Crippen molar-refractivity contribution < 1.29 is 9.53 Å². The van der Waals surface area contributed by atoms with E-state index in [1.54, 1.807) is 24.3 Å². The number of carbonyl (C=O) groups excluding carboxylic acids is 1. The average Bonchev–Trinajstić information content (AvgIpc) is 2.42. The van der Waals surface area contributed by atoms with Crippen molar-refractivity contribution in [3.63, 3.8) is 0 Å². The lowest BCUT2D eigenvalue weighted by Gasteiger charge is -2.06. The zero-order valence-electron chi connectivity index (χ0n) is 10.3. The number of hydrogen-bond donors (Lipinski definition) is 0. The number of hydrogen-bond acceptors (Lipinski definition) is 2. The molecular formula is C15H12ClIO2. The molecule has 2 nitrogen and oxygen atoms in total. The van der Waals surface area contributed by atoms with Crippen molar-refractivity contribution in [3.05, 3.63) is 62.2 Å². The van der Waals surface area contributed by atoms with Crippen LogP contribution in [-0.2, 0) is 0 Å². The highest BCUT2D eigenvalue weighted by Crippen LogP contribution is 2.22. The van der Waals surface area contributed by atoms with Gasteiger partial charge in [-0.3, -0.25) is 4.79 Å². The van der Waals surface area contributed by atoms with Gasteiger partial charge in [0.2, 0.25) is 0 Å². The van der Waals surface area contributed by atoms with Crippen molar-refractivity contribution in [2.24, 2.45) is 0 Å². The molecule has 4 heteroatoms. The summed E-state index contributed by atoms with van der Waals surface area (Å²) < 4.78 is 6.33. The largest absolute Gasteiger partial charge is 0.494 e. The summed E-state index contributed by atoms with van der Waals surface area (Å²) >= 11 is 8.17. The van der Waals surface area contributed by atoms with Gasteiger partial charge in [0.05, 0.1) is 11.6 Å². The van der Waals surface area contributed by atoms with Crippen molar-refractivity contribution >= 4 is 40.0 Å². The normalized spacial score (nSPS) is 10.3. The van der Waals surface area contributed by atoms with E-state index >= 15 is 0 Å². The molecule has 0 aliphatic carbocycles. The molecule has 0 aliphatic heterocycles. The van der Waals surface area contributed by atoms with Crippen molar-refractivity contribution in [1.29, 1.82) is 0 Å². The van der Waals surface area contributed by atoms with Gasteiger partial charge in [-0.05, 0) is 59.8 Å². The van der Waals surface area contributed by atoms with Gasteiger partial charge in [0, 0.05) is 14.7 Å². The second kappa shape index (κ2) is 6.39. The molecule has 2 aromatic rings. The number of carbonyl (C=O) groups is 1. The van der Waals surface area contributed by atoms with E-state index in [1.165, 1.54) is 0 Å². The van der Waals surface area contributed by atoms with Gasteiger partial charge in [0.15, 0.2) is 5.78 Å². The molecule has 0 aliphatic rings. The fourth-order valence-corrected chi connectivity index (χ4v) is 2.21. The van der Waals surface area contributed by atoms with Gasteiger partial charge >= 0.3 is 0 Å². The summed E-state index contributed by atoms with van der Waals surface area (Å²) in [6.45, 7) is 2.49. The first-order valence-electron chi connectivity index (χ1n) is 5.84. The van der Waals surface area contributed by atoms with Crippen LogP contribution in [0.2, 0.25) is 5.02 Å². The monoisotopic (exact) mass is 386 g/mol. The zero-order chi connectivity index (χ0) is 13.8. The van der Waals surface area contributed by atoms with Gasteiger partial charge in [0.25, 0.3) is 0 Å². The molecule has 0 radical (unpaired) electrons. The van der Waals surface area contributed by atoms with Gasteiger partial charge in [-0.2, -0.15) is 0 Å². The number of ketones is 1. The van der Waals surface area contributed by atoms with E-state index in [-0.39, 0.29) is 5.78 Å². The maximum Gasteiger partial charge on any atom is 0.193 e. The van der Waals surface area contributed by atoms with E-state index in [1.807, 2.05) is 25.1 Å². The van der Waals surface area contributed by atoms with Gasteiger partial charge < -0.3 is 4.74 Å². The van der Waals surface area contributed by atoms with E-state index in [4.69, 9.17) is 16.3 Å². The van der Waals surface area contributed by atoms with Crippen LogP contribution < -0.4 is 4.74 Å². The first kappa shape index (κ1) is 14.3. The van der Waals surface area contributed by atoms with E-state index in [2.05, 4.69) is 22.6 Å². The predicted octanol–water partition coefficient (Wildman–Crippen LogP) is 4.57. The van der Waals surface area contributed by atoms with Crippen LogP contribution in [0.25, 0.3) is 0 Å². The fourth-order valence-electron chi connectivity index (χ4n) is 1.70. The van der Waals surface area contributed by atoms with Gasteiger partial charge in [-0.25, -0.2) is 0 Å². The Labute approximate surface area is 130 Å². The molecule has 98 valence electrons. The third-order valence-electron chi connectivity index (χ3n) is 2.59. The van der Waals surface area contributed by atoms with E-state index in [0.29, 0.717) is 28.5 Å². The summed E-state index contributed by atoms with van der Waals surface area (Å²) in [5, 5.41) is 0.590. The molecule has 0 amide bonds. The van der Waals surface area contributed by atoms with Crippen LogP contribution in [0.15, 0.2) is 42.5 Å². The van der Waals surface area contributed by atoms with Crippen LogP contribution in [0.4, 0.5) is 0 Å². The molecule has 0 heterocycles. The minimum absolute atomic E-state index is 0.0557. The van der Waals surface area contributed by atoms with Gasteiger partial charge in [0.1, 0.15) is 5.75 Å². The Morgan fingerprint density at radius 3 is 2.63 bits per heavy atom. The molecule has 0 aromatic heterocycles. The second-order valence-corrected chi connectivity index (χ2v) is 5.49. The van der Waals surface area contributed by atoms with E-state index < -0.39 is 0 Å². The third kappa shape index (κ3) is 3.48. The van der Waals surface area contributed by atoms with Crippen LogP contribution in [-0.4, -0.2) is 12.4 Å². The minimum atomic E-state index is -0.0557. The fraction of sp³-hybridized carbons (Fsp3) is 0.133. The summed E-state index contributed by atoms with van der Waals surface area (Å²) in [4.78, 5) is 12.3. The quantitative estimate of drug-likeness (QED) is 0.568. The first-order valence-corrected chi connectivity index (χ1v) is 7.30. The predicted molar refractivity (Wildman–Crippen MR) is 85.2 cm³/mol. The molecule has 0 spiro atoms. The summed E-state index contributed by atoms with van der Waals surface area (Å²) in [5.74, 6) is 0.643. The topological polar surface area (TPSA) is 26.3 Å². The standard InChI is InChI=1S/C15H12ClIO2/c1-2-19-12-5-3-4-10(8-12)15(18)11-6-7-14(17)13(16)9-11/h3-9H,2H2,1H3. The SMILES string of the molecule is CCOc1cccc(C(=O)c2ccc(I)c(Cl)c2)c1. The van der Waals surface area contributed by atoms with E-state index in [0.717, 1.165) is 3.57 Å². The third-order valence-corrected chi connectivity index (χ3v) is 4.16. The Hall–Kier alpha value is -1.07. The summed E-state index contributed by atoms with van der Waals surface area (Å²) in [6.07, 6.45) is 0. The minimum Gasteiger partial charge on any atom is -0.494 e. The molecule has 0 N–H and O–H groups in total. The summed E-state index contributed by atoms with van der Waals surface area (Å²) in [5.41, 5.74) is 1.18. The van der Waals surface area contributed by atoms with Crippen LogP contribution in [0, 0.1) is 3.57 Å². The van der Waals surface area contributed by atoms with Crippen LogP contribution in [0.3, 0.4) is 0 Å². The highest BCUT2D eigenvalue weighted by molar-refractivity contribution is 14.1. The maximum atomic E-state index is 12.3. The molecule has 0 saturated heterocycles. The van der Waals surface area contributed by atoms with Crippen LogP contribution in [0.1, 0.15) is 22.8 Å². The van der Waals surface area contributed by atoms with Crippen molar-refractivity contribution in [3.8, 4) is 5.75 Å². The zero-order valence-corrected chi connectivity index (χ0v) is 13.2. The molecule has 2 rings (SSSR count). The first-order chi connectivity index (χ1) is 9.11. The Kier molecular flexibility index (Phi) is 4.82. The van der Waals surface area contributed by atoms with Crippen molar-refractivity contribution in [2.45, 2.75) is 6.92 Å². The highest BCUT2D eigenvalue weighted by Gasteiger charge is 2.11. The molecule has 19 heavy (non-hydrogen) atoms. The molecule has 0 fully saturated rings. The number of benzene rings is 2. The molecule has 0 unspecified atom stereocenters. The van der Waals surface area contributed by atoms with Crippen molar-refractivity contribution in [1.82, 2.24) is 0 Å². The molecule has 0 saturated carbocycles. The lowest BCUT2D eigenvalue weighted by Crippen LogP contribution is -2.02. The average molecular weight is 387 g/mol. The Bertz CT molecular complexity index is 611. The maximum absolute atomic E-state index is 12.3. The Morgan fingerprint density at radius 2 is 1.95 bits per heavy atom. The smallest absolute Gasteiger partial charge is 0.193 e. The van der Waals surface area contributed by atoms with E-state index in [9.17, 15) is 4.79 Å². The molecule has 2 aromatic carbocycles. The summed E-state index contributed by atoms with van der Waals surface area (Å²) in [6, 6.07) is 12.5. The van der Waals surface area contributed by atoms with Gasteiger partial charge in [-0.15, -0.1) is 0 Å². The second-order valence-electron chi connectivity index (χ2n) is 3.92. The van der Waals surface area contributed by atoms with Crippen molar-refractivity contribution in [2.75, 3.05) is 6.61 Å². The molecule has 0 bridgehead atoms. The van der Waals surface area contributed by atoms with Crippen LogP contribution >= 0.6 is 34.2 Å². The lowest BCUT2D eigenvalue weighted by molar-refractivity contribution is 0.103. The lowest BCUT2D eigenvalue weighted by atomic mass is 10.0. The molecule has 0 atom stereocenters. The molecular weight excluding hydrogens is 375 g/mol. The Balaban J connectivity index is 2.32. The van der Waals surface area contributed by atoms with Crippen LogP contribution in [0.5, 0.6) is 5.75 Å².